The minimum absolute atomic E-state index is 0.598. The van der Waals surface area contributed by atoms with E-state index in [9.17, 15) is 0 Å². The summed E-state index contributed by atoms with van der Waals surface area (Å²) in [6.07, 6.45) is 1.62. The second-order valence-electron chi connectivity index (χ2n) is 4.99. The average molecular weight is 302 g/mol. The molecule has 0 aromatic heterocycles. The van der Waals surface area contributed by atoms with E-state index in [1.54, 1.807) is 27.4 Å². The molecule has 0 amide bonds. The van der Waals surface area contributed by atoms with Gasteiger partial charge in [0.05, 0.1) is 21.3 Å². The number of hydrogen-bond donors (Lipinski definition) is 2. The molecule has 118 valence electrons. The molecule has 22 heavy (non-hydrogen) atoms. The number of methoxy groups -OCH3 is 3. The van der Waals surface area contributed by atoms with Gasteiger partial charge in [-0.05, 0) is 48.2 Å². The predicted molar refractivity (Wildman–Crippen MR) is 88.8 cm³/mol. The summed E-state index contributed by atoms with van der Waals surface area (Å²) in [7, 11) is 4.81. The van der Waals surface area contributed by atoms with E-state index in [4.69, 9.17) is 25.7 Å². The summed E-state index contributed by atoms with van der Waals surface area (Å²) in [6, 6.07) is 9.51. The Morgan fingerprint density at radius 2 is 1.45 bits per heavy atom. The molecule has 0 bridgehead atoms. The van der Waals surface area contributed by atoms with Crippen LogP contribution < -0.4 is 25.7 Å². The lowest BCUT2D eigenvalue weighted by atomic mass is 10.0. The van der Waals surface area contributed by atoms with Crippen molar-refractivity contribution in [3.8, 4) is 17.2 Å². The summed E-state index contributed by atoms with van der Waals surface area (Å²) in [5.74, 6) is 1.91. The Kier molecular flexibility index (Phi) is 4.99. The highest BCUT2D eigenvalue weighted by Gasteiger charge is 2.13. The molecule has 5 nitrogen and oxygen atoms in total. The lowest BCUT2D eigenvalue weighted by Gasteiger charge is -2.14. The van der Waals surface area contributed by atoms with Crippen molar-refractivity contribution in [2.75, 3.05) is 32.8 Å². The molecule has 0 unspecified atom stereocenters. The van der Waals surface area contributed by atoms with Crippen LogP contribution in [0, 0.1) is 0 Å². The smallest absolute Gasteiger partial charge is 0.203 e. The fraction of sp³-hybridized carbons (Fsp3) is 0.294. The number of nitrogens with two attached hydrogens (primary N) is 2. The number of benzene rings is 2. The van der Waals surface area contributed by atoms with Crippen LogP contribution in [0.4, 0.5) is 11.4 Å². The molecule has 0 fully saturated rings. The van der Waals surface area contributed by atoms with E-state index in [-0.39, 0.29) is 0 Å². The average Bonchev–Trinajstić information content (AvgIpc) is 2.52. The third kappa shape index (κ3) is 3.36. The molecule has 2 aromatic carbocycles. The maximum Gasteiger partial charge on any atom is 0.203 e. The largest absolute Gasteiger partial charge is 0.493 e. The van der Waals surface area contributed by atoms with Crippen molar-refractivity contribution in [2.24, 2.45) is 0 Å². The first-order chi connectivity index (χ1) is 10.6. The first-order valence-electron chi connectivity index (χ1n) is 7.01. The molecule has 0 saturated heterocycles. The standard InChI is InChI=1S/C17H22N2O3/c1-20-15-8-11(9-16(21-2)17(15)22-3)4-5-12-6-7-13(18)10-14(12)19/h6-10H,4-5,18-19H2,1-3H3. The third-order valence-electron chi connectivity index (χ3n) is 3.58. The van der Waals surface area contributed by atoms with E-state index in [2.05, 4.69) is 0 Å². The van der Waals surface area contributed by atoms with Crippen molar-refractivity contribution in [1.82, 2.24) is 0 Å². The Balaban J connectivity index is 2.22. The molecule has 5 heteroatoms. The molecular formula is C17H22N2O3. The molecule has 0 aliphatic carbocycles. The predicted octanol–water partition coefficient (Wildman–Crippen LogP) is 2.66. The van der Waals surface area contributed by atoms with Crippen LogP contribution in [0.2, 0.25) is 0 Å². The fourth-order valence-corrected chi connectivity index (χ4v) is 2.40. The zero-order valence-corrected chi connectivity index (χ0v) is 13.2. The molecule has 0 atom stereocenters. The van der Waals surface area contributed by atoms with E-state index >= 15 is 0 Å². The highest BCUT2D eigenvalue weighted by atomic mass is 16.5. The van der Waals surface area contributed by atoms with E-state index in [0.29, 0.717) is 28.6 Å². The Hall–Kier alpha value is -2.56. The summed E-state index contributed by atoms with van der Waals surface area (Å²) in [5, 5.41) is 0. The zero-order chi connectivity index (χ0) is 16.1. The van der Waals surface area contributed by atoms with E-state index in [1.807, 2.05) is 24.3 Å². The second-order valence-corrected chi connectivity index (χ2v) is 4.99. The Labute approximate surface area is 130 Å². The topological polar surface area (TPSA) is 79.7 Å². The van der Waals surface area contributed by atoms with Crippen molar-refractivity contribution >= 4 is 11.4 Å². The Bertz CT molecular complexity index is 631. The van der Waals surface area contributed by atoms with Crippen LogP contribution >= 0.6 is 0 Å². The number of hydrogen-bond acceptors (Lipinski definition) is 5. The summed E-state index contributed by atoms with van der Waals surface area (Å²) in [6.45, 7) is 0. The lowest BCUT2D eigenvalue weighted by molar-refractivity contribution is 0.324. The van der Waals surface area contributed by atoms with Crippen LogP contribution in [-0.2, 0) is 12.8 Å². The number of aryl methyl sites for hydroxylation is 2. The van der Waals surface area contributed by atoms with Crippen LogP contribution in [0.3, 0.4) is 0 Å². The Morgan fingerprint density at radius 3 is 1.95 bits per heavy atom. The van der Waals surface area contributed by atoms with Crippen molar-refractivity contribution in [1.29, 1.82) is 0 Å². The van der Waals surface area contributed by atoms with Crippen molar-refractivity contribution in [3.05, 3.63) is 41.5 Å². The maximum absolute atomic E-state index is 5.99. The number of rotatable bonds is 6. The number of nitrogen functional groups attached to an aromatic ring is 2. The minimum Gasteiger partial charge on any atom is -0.493 e. The number of ether oxygens (including phenoxy) is 3. The molecule has 0 radical (unpaired) electrons. The first kappa shape index (κ1) is 15.8. The fourth-order valence-electron chi connectivity index (χ4n) is 2.40. The second kappa shape index (κ2) is 6.93. The monoisotopic (exact) mass is 302 g/mol. The molecule has 0 heterocycles. The summed E-state index contributed by atoms with van der Waals surface area (Å²) in [4.78, 5) is 0. The normalized spacial score (nSPS) is 10.3. The molecule has 0 spiro atoms. The SMILES string of the molecule is COc1cc(CCc2ccc(N)cc2N)cc(OC)c1OC. The van der Waals surface area contributed by atoms with Crippen molar-refractivity contribution in [3.63, 3.8) is 0 Å². The quantitative estimate of drug-likeness (QED) is 0.802. The van der Waals surface area contributed by atoms with Gasteiger partial charge in [0.15, 0.2) is 11.5 Å². The van der Waals surface area contributed by atoms with Gasteiger partial charge in [-0.15, -0.1) is 0 Å². The van der Waals surface area contributed by atoms with Gasteiger partial charge in [-0.25, -0.2) is 0 Å². The van der Waals surface area contributed by atoms with Gasteiger partial charge in [-0.2, -0.15) is 0 Å². The van der Waals surface area contributed by atoms with E-state index in [1.165, 1.54) is 0 Å². The molecule has 4 N–H and O–H groups in total. The Morgan fingerprint density at radius 1 is 0.818 bits per heavy atom. The van der Waals surface area contributed by atoms with Gasteiger partial charge in [0.2, 0.25) is 5.75 Å². The van der Waals surface area contributed by atoms with Gasteiger partial charge >= 0.3 is 0 Å². The highest BCUT2D eigenvalue weighted by Crippen LogP contribution is 2.38. The van der Waals surface area contributed by atoms with Gasteiger partial charge < -0.3 is 25.7 Å². The van der Waals surface area contributed by atoms with E-state index < -0.39 is 0 Å². The van der Waals surface area contributed by atoms with Gasteiger partial charge in [-0.3, -0.25) is 0 Å². The van der Waals surface area contributed by atoms with Crippen LogP contribution in [0.5, 0.6) is 17.2 Å². The first-order valence-corrected chi connectivity index (χ1v) is 7.01. The zero-order valence-electron chi connectivity index (χ0n) is 13.2. The van der Waals surface area contributed by atoms with Crippen LogP contribution in [0.1, 0.15) is 11.1 Å². The molecule has 0 aliphatic rings. The lowest BCUT2D eigenvalue weighted by Crippen LogP contribution is -2.00. The summed E-state index contributed by atoms with van der Waals surface area (Å²) < 4.78 is 16.1. The maximum atomic E-state index is 5.99. The van der Waals surface area contributed by atoms with Gasteiger partial charge in [0, 0.05) is 11.4 Å². The molecular weight excluding hydrogens is 280 g/mol. The molecule has 0 saturated carbocycles. The van der Waals surface area contributed by atoms with Crippen molar-refractivity contribution < 1.29 is 14.2 Å². The number of anilines is 2. The van der Waals surface area contributed by atoms with Crippen molar-refractivity contribution in [2.45, 2.75) is 12.8 Å². The van der Waals surface area contributed by atoms with E-state index in [0.717, 1.165) is 24.0 Å². The highest BCUT2D eigenvalue weighted by molar-refractivity contribution is 5.57. The summed E-state index contributed by atoms with van der Waals surface area (Å²) in [5.41, 5.74) is 15.3. The molecule has 2 aromatic rings. The van der Waals surface area contributed by atoms with Crippen LogP contribution in [0.15, 0.2) is 30.3 Å². The molecule has 0 aliphatic heterocycles. The van der Waals surface area contributed by atoms with Gasteiger partial charge in [0.25, 0.3) is 0 Å². The van der Waals surface area contributed by atoms with Gasteiger partial charge in [-0.1, -0.05) is 6.07 Å². The van der Waals surface area contributed by atoms with Gasteiger partial charge in [0.1, 0.15) is 0 Å². The molecule has 2 rings (SSSR count). The minimum atomic E-state index is 0.598. The summed E-state index contributed by atoms with van der Waals surface area (Å²) >= 11 is 0. The third-order valence-corrected chi connectivity index (χ3v) is 3.58. The van der Waals surface area contributed by atoms with Crippen LogP contribution in [0.25, 0.3) is 0 Å². The van der Waals surface area contributed by atoms with Crippen LogP contribution in [-0.4, -0.2) is 21.3 Å².